The van der Waals surface area contributed by atoms with Gasteiger partial charge in [0.2, 0.25) is 0 Å². The van der Waals surface area contributed by atoms with Gasteiger partial charge in [-0.2, -0.15) is 0 Å². The molecule has 3 rings (SSSR count). The SMILES string of the molecule is Cc1cccc(OC(=O)c2cc(Br)ccc2OCCc2ccccc2)c1C. The first-order valence-corrected chi connectivity index (χ1v) is 9.58. The molecule has 0 saturated carbocycles. The second-order valence-electron chi connectivity index (χ2n) is 6.31. The van der Waals surface area contributed by atoms with Gasteiger partial charge in [-0.3, -0.25) is 0 Å². The Balaban J connectivity index is 1.75. The number of esters is 1. The van der Waals surface area contributed by atoms with Gasteiger partial charge in [-0.25, -0.2) is 4.79 Å². The minimum Gasteiger partial charge on any atom is -0.492 e. The predicted octanol–water partition coefficient (Wildman–Crippen LogP) is 5.91. The summed E-state index contributed by atoms with van der Waals surface area (Å²) in [4.78, 5) is 12.8. The van der Waals surface area contributed by atoms with Gasteiger partial charge in [-0.05, 0) is 54.8 Å². The van der Waals surface area contributed by atoms with E-state index < -0.39 is 5.97 Å². The van der Waals surface area contributed by atoms with Crippen molar-refractivity contribution in [3.8, 4) is 11.5 Å². The van der Waals surface area contributed by atoms with E-state index in [2.05, 4.69) is 28.1 Å². The molecule has 0 N–H and O–H groups in total. The van der Waals surface area contributed by atoms with E-state index in [1.54, 1.807) is 18.2 Å². The maximum absolute atomic E-state index is 12.8. The van der Waals surface area contributed by atoms with Crippen molar-refractivity contribution in [2.45, 2.75) is 20.3 Å². The van der Waals surface area contributed by atoms with Crippen LogP contribution in [0, 0.1) is 13.8 Å². The first-order valence-electron chi connectivity index (χ1n) is 8.79. The summed E-state index contributed by atoms with van der Waals surface area (Å²) >= 11 is 3.42. The number of halogens is 1. The van der Waals surface area contributed by atoms with Gasteiger partial charge in [-0.1, -0.05) is 58.4 Å². The second kappa shape index (κ2) is 8.87. The Morgan fingerprint density at radius 2 is 1.70 bits per heavy atom. The molecule has 3 nitrogen and oxygen atoms in total. The topological polar surface area (TPSA) is 35.5 Å². The lowest BCUT2D eigenvalue weighted by atomic mass is 10.1. The molecular weight excluding hydrogens is 404 g/mol. The van der Waals surface area contributed by atoms with E-state index in [0.717, 1.165) is 22.0 Å². The molecule has 0 atom stereocenters. The first-order chi connectivity index (χ1) is 13.0. The van der Waals surface area contributed by atoms with Crippen LogP contribution in [-0.4, -0.2) is 12.6 Å². The zero-order chi connectivity index (χ0) is 19.2. The number of hydrogen-bond acceptors (Lipinski definition) is 3. The second-order valence-corrected chi connectivity index (χ2v) is 7.23. The number of carbonyl (C=O) groups excluding carboxylic acids is 1. The van der Waals surface area contributed by atoms with Gasteiger partial charge >= 0.3 is 5.97 Å². The van der Waals surface area contributed by atoms with E-state index in [1.807, 2.05) is 50.2 Å². The van der Waals surface area contributed by atoms with E-state index in [0.29, 0.717) is 23.7 Å². The minimum absolute atomic E-state index is 0.401. The molecule has 0 aliphatic rings. The smallest absolute Gasteiger partial charge is 0.347 e. The van der Waals surface area contributed by atoms with E-state index >= 15 is 0 Å². The fourth-order valence-electron chi connectivity index (χ4n) is 2.70. The highest BCUT2D eigenvalue weighted by atomic mass is 79.9. The van der Waals surface area contributed by atoms with Crippen LogP contribution in [0.2, 0.25) is 0 Å². The third-order valence-electron chi connectivity index (χ3n) is 4.41. The number of ether oxygens (including phenoxy) is 2. The van der Waals surface area contributed by atoms with Crippen LogP contribution in [-0.2, 0) is 6.42 Å². The minimum atomic E-state index is -0.431. The zero-order valence-corrected chi connectivity index (χ0v) is 17.0. The zero-order valence-electron chi connectivity index (χ0n) is 15.4. The summed E-state index contributed by atoms with van der Waals surface area (Å²) in [6.45, 7) is 4.41. The van der Waals surface area contributed by atoms with Gasteiger partial charge in [0, 0.05) is 10.9 Å². The third-order valence-corrected chi connectivity index (χ3v) is 4.90. The maximum atomic E-state index is 12.8. The molecule has 3 aromatic carbocycles. The number of benzene rings is 3. The summed E-state index contributed by atoms with van der Waals surface area (Å²) in [5.41, 5.74) is 3.62. The van der Waals surface area contributed by atoms with Crippen molar-refractivity contribution in [3.05, 3.63) is 93.5 Å². The summed E-state index contributed by atoms with van der Waals surface area (Å²) in [6, 6.07) is 21.1. The molecule has 0 amide bonds. The van der Waals surface area contributed by atoms with Crippen LogP contribution in [0.3, 0.4) is 0 Å². The van der Waals surface area contributed by atoms with Gasteiger partial charge in [0.15, 0.2) is 0 Å². The van der Waals surface area contributed by atoms with Gasteiger partial charge in [-0.15, -0.1) is 0 Å². The summed E-state index contributed by atoms with van der Waals surface area (Å²) in [5.74, 6) is 0.652. The standard InChI is InChI=1S/C23H21BrO3/c1-16-7-6-10-21(17(16)2)27-23(25)20-15-19(24)11-12-22(20)26-14-13-18-8-4-3-5-9-18/h3-12,15H,13-14H2,1-2H3. The van der Waals surface area contributed by atoms with Gasteiger partial charge in [0.05, 0.1) is 6.61 Å². The van der Waals surface area contributed by atoms with E-state index in [1.165, 1.54) is 5.56 Å². The third kappa shape index (κ3) is 4.98. The molecule has 138 valence electrons. The lowest BCUT2D eigenvalue weighted by molar-refractivity contribution is 0.0729. The van der Waals surface area contributed by atoms with Crippen LogP contribution in [0.25, 0.3) is 0 Å². The highest BCUT2D eigenvalue weighted by Crippen LogP contribution is 2.27. The largest absolute Gasteiger partial charge is 0.492 e. The van der Waals surface area contributed by atoms with Crippen molar-refractivity contribution < 1.29 is 14.3 Å². The summed E-state index contributed by atoms with van der Waals surface area (Å²) < 4.78 is 12.3. The Kier molecular flexibility index (Phi) is 6.30. The van der Waals surface area contributed by atoms with Crippen LogP contribution in [0.15, 0.2) is 71.2 Å². The van der Waals surface area contributed by atoms with Crippen LogP contribution in [0.1, 0.15) is 27.0 Å². The van der Waals surface area contributed by atoms with E-state index in [4.69, 9.17) is 9.47 Å². The fraction of sp³-hybridized carbons (Fsp3) is 0.174. The Hall–Kier alpha value is -2.59. The monoisotopic (exact) mass is 424 g/mol. The Labute approximate surface area is 168 Å². The Bertz CT molecular complexity index is 936. The average molecular weight is 425 g/mol. The van der Waals surface area contributed by atoms with Crippen molar-refractivity contribution in [1.29, 1.82) is 0 Å². The van der Waals surface area contributed by atoms with E-state index in [9.17, 15) is 4.79 Å². The Morgan fingerprint density at radius 1 is 0.926 bits per heavy atom. The molecule has 0 heterocycles. The molecule has 0 aliphatic carbocycles. The molecule has 0 aromatic heterocycles. The quantitative estimate of drug-likeness (QED) is 0.364. The van der Waals surface area contributed by atoms with Gasteiger partial charge in [0.1, 0.15) is 17.1 Å². The molecule has 4 heteroatoms. The molecule has 0 radical (unpaired) electrons. The van der Waals surface area contributed by atoms with Crippen molar-refractivity contribution in [2.75, 3.05) is 6.61 Å². The van der Waals surface area contributed by atoms with Crippen molar-refractivity contribution in [3.63, 3.8) is 0 Å². The summed E-state index contributed by atoms with van der Waals surface area (Å²) in [7, 11) is 0. The molecule has 0 fully saturated rings. The highest BCUT2D eigenvalue weighted by Gasteiger charge is 2.17. The molecule has 27 heavy (non-hydrogen) atoms. The summed E-state index contributed by atoms with van der Waals surface area (Å²) in [5, 5.41) is 0. The number of rotatable bonds is 6. The maximum Gasteiger partial charge on any atom is 0.347 e. The highest BCUT2D eigenvalue weighted by molar-refractivity contribution is 9.10. The summed E-state index contributed by atoms with van der Waals surface area (Å²) in [6.07, 6.45) is 0.766. The van der Waals surface area contributed by atoms with Crippen molar-refractivity contribution in [1.82, 2.24) is 0 Å². The van der Waals surface area contributed by atoms with Gasteiger partial charge < -0.3 is 9.47 Å². The van der Waals surface area contributed by atoms with E-state index in [-0.39, 0.29) is 0 Å². The fourth-order valence-corrected chi connectivity index (χ4v) is 3.06. The average Bonchev–Trinajstić information content (AvgIpc) is 2.67. The van der Waals surface area contributed by atoms with Crippen LogP contribution < -0.4 is 9.47 Å². The predicted molar refractivity (Wildman–Crippen MR) is 111 cm³/mol. The molecular formula is C23H21BrO3. The molecule has 0 aliphatic heterocycles. The Morgan fingerprint density at radius 3 is 2.48 bits per heavy atom. The molecule has 0 saturated heterocycles. The van der Waals surface area contributed by atoms with Crippen LogP contribution >= 0.6 is 15.9 Å². The van der Waals surface area contributed by atoms with Crippen molar-refractivity contribution in [2.24, 2.45) is 0 Å². The molecule has 0 spiro atoms. The first kappa shape index (κ1) is 19.2. The van der Waals surface area contributed by atoms with Gasteiger partial charge in [0.25, 0.3) is 0 Å². The van der Waals surface area contributed by atoms with Crippen LogP contribution in [0.5, 0.6) is 11.5 Å². The number of hydrogen-bond donors (Lipinski definition) is 0. The molecule has 0 unspecified atom stereocenters. The molecule has 3 aromatic rings. The number of carbonyl (C=O) groups is 1. The lowest BCUT2D eigenvalue weighted by Crippen LogP contribution is -2.13. The lowest BCUT2D eigenvalue weighted by Gasteiger charge is -2.13. The normalized spacial score (nSPS) is 10.5. The molecule has 0 bridgehead atoms. The van der Waals surface area contributed by atoms with Crippen LogP contribution in [0.4, 0.5) is 0 Å². The number of aryl methyl sites for hydroxylation is 1. The van der Waals surface area contributed by atoms with Crippen molar-refractivity contribution >= 4 is 21.9 Å².